The van der Waals surface area contributed by atoms with E-state index >= 15 is 0 Å². The van der Waals surface area contributed by atoms with Crippen molar-refractivity contribution >= 4 is 0 Å². The number of nitrogens with zero attached hydrogens (tertiary/aromatic N) is 3. The van der Waals surface area contributed by atoms with Gasteiger partial charge in [0.2, 0.25) is 0 Å². The Morgan fingerprint density at radius 2 is 1.50 bits per heavy atom. The van der Waals surface area contributed by atoms with Crippen LogP contribution in [0.3, 0.4) is 0 Å². The molecule has 2 aromatic carbocycles. The maximum Gasteiger partial charge on any atom is 0.181 e. The second-order valence-corrected chi connectivity index (χ2v) is 5.46. The first-order valence-corrected chi connectivity index (χ1v) is 7.39. The van der Waals surface area contributed by atoms with Crippen molar-refractivity contribution in [2.45, 2.75) is 19.9 Å². The van der Waals surface area contributed by atoms with Crippen LogP contribution in [0.15, 0.2) is 72.8 Å². The summed E-state index contributed by atoms with van der Waals surface area (Å²) in [6.45, 7) is 8.17. The van der Waals surface area contributed by atoms with Crippen LogP contribution in [0.2, 0.25) is 0 Å². The fourth-order valence-electron chi connectivity index (χ4n) is 2.30. The average molecular weight is 289 g/mol. The average Bonchev–Trinajstić information content (AvgIpc) is 3.01. The molecule has 0 fully saturated rings. The summed E-state index contributed by atoms with van der Waals surface area (Å²) >= 11 is 0. The molecule has 0 aliphatic heterocycles. The first kappa shape index (κ1) is 14.3. The summed E-state index contributed by atoms with van der Waals surface area (Å²) < 4.78 is 1.96. The summed E-state index contributed by atoms with van der Waals surface area (Å²) in [7, 11) is 0. The standard InChI is InChI=1S/C19H19N3/c1-14(2)15(3)22-19(17-12-8-5-9-13-17)20-18(21-22)16-10-6-4-7-11-16/h4-13,15H,1H2,2-3H3. The van der Waals surface area contributed by atoms with Crippen LogP contribution in [0.25, 0.3) is 22.8 Å². The quantitative estimate of drug-likeness (QED) is 0.649. The zero-order chi connectivity index (χ0) is 15.5. The molecule has 3 rings (SSSR count). The van der Waals surface area contributed by atoms with Crippen molar-refractivity contribution < 1.29 is 0 Å². The SMILES string of the molecule is C=C(C)C(C)n1nc(-c2ccccc2)nc1-c1ccccc1. The van der Waals surface area contributed by atoms with Gasteiger partial charge in [0.05, 0.1) is 6.04 Å². The molecule has 0 aliphatic rings. The molecule has 1 heterocycles. The number of hydrogen-bond acceptors (Lipinski definition) is 2. The van der Waals surface area contributed by atoms with Crippen LogP contribution in [0.1, 0.15) is 19.9 Å². The predicted molar refractivity (Wildman–Crippen MR) is 90.4 cm³/mol. The Bertz CT molecular complexity index is 773. The molecule has 0 radical (unpaired) electrons. The Balaban J connectivity index is 2.15. The molecule has 0 saturated carbocycles. The minimum Gasteiger partial charge on any atom is -0.238 e. The third-order valence-corrected chi connectivity index (χ3v) is 3.78. The monoisotopic (exact) mass is 289 g/mol. The number of aromatic nitrogens is 3. The number of allylic oxidation sites excluding steroid dienone is 1. The lowest BCUT2D eigenvalue weighted by atomic mass is 10.1. The Morgan fingerprint density at radius 3 is 2.05 bits per heavy atom. The van der Waals surface area contributed by atoms with Gasteiger partial charge in [-0.1, -0.05) is 72.8 Å². The number of rotatable bonds is 4. The van der Waals surface area contributed by atoms with Crippen molar-refractivity contribution in [3.8, 4) is 22.8 Å². The summed E-state index contributed by atoms with van der Waals surface area (Å²) in [6, 6.07) is 20.3. The molecule has 0 amide bonds. The molecule has 0 aliphatic carbocycles. The molecule has 3 aromatic rings. The minimum absolute atomic E-state index is 0.0974. The summed E-state index contributed by atoms with van der Waals surface area (Å²) in [5, 5.41) is 4.72. The molecule has 0 bridgehead atoms. The molecule has 0 N–H and O–H groups in total. The molecule has 1 aromatic heterocycles. The van der Waals surface area contributed by atoms with E-state index < -0.39 is 0 Å². The van der Waals surface area contributed by atoms with Crippen molar-refractivity contribution in [1.29, 1.82) is 0 Å². The highest BCUT2D eigenvalue weighted by molar-refractivity contribution is 5.61. The van der Waals surface area contributed by atoms with Gasteiger partial charge in [-0.3, -0.25) is 0 Å². The van der Waals surface area contributed by atoms with E-state index in [1.54, 1.807) is 0 Å². The number of benzene rings is 2. The van der Waals surface area contributed by atoms with Gasteiger partial charge in [-0.05, 0) is 13.8 Å². The Hall–Kier alpha value is -2.68. The van der Waals surface area contributed by atoms with E-state index in [4.69, 9.17) is 10.1 Å². The molecular weight excluding hydrogens is 270 g/mol. The van der Waals surface area contributed by atoms with Crippen LogP contribution in [-0.2, 0) is 0 Å². The van der Waals surface area contributed by atoms with E-state index in [1.165, 1.54) is 0 Å². The normalized spacial score (nSPS) is 12.1. The third-order valence-electron chi connectivity index (χ3n) is 3.78. The summed E-state index contributed by atoms with van der Waals surface area (Å²) in [4.78, 5) is 4.76. The van der Waals surface area contributed by atoms with Gasteiger partial charge in [0, 0.05) is 11.1 Å². The zero-order valence-corrected chi connectivity index (χ0v) is 12.9. The Morgan fingerprint density at radius 1 is 0.955 bits per heavy atom. The van der Waals surface area contributed by atoms with Gasteiger partial charge >= 0.3 is 0 Å². The van der Waals surface area contributed by atoms with E-state index in [0.29, 0.717) is 0 Å². The predicted octanol–water partition coefficient (Wildman–Crippen LogP) is 4.75. The van der Waals surface area contributed by atoms with E-state index in [2.05, 4.69) is 25.6 Å². The van der Waals surface area contributed by atoms with Crippen LogP contribution in [0, 0.1) is 0 Å². The highest BCUT2D eigenvalue weighted by atomic mass is 15.4. The fraction of sp³-hybridized carbons (Fsp3) is 0.158. The fourth-order valence-corrected chi connectivity index (χ4v) is 2.30. The van der Waals surface area contributed by atoms with Gasteiger partial charge in [-0.25, -0.2) is 9.67 Å². The van der Waals surface area contributed by atoms with Gasteiger partial charge in [-0.15, -0.1) is 5.10 Å². The second-order valence-electron chi connectivity index (χ2n) is 5.46. The van der Waals surface area contributed by atoms with Crippen molar-refractivity contribution in [3.63, 3.8) is 0 Å². The molecule has 1 atom stereocenters. The van der Waals surface area contributed by atoms with Gasteiger partial charge in [0.1, 0.15) is 0 Å². The van der Waals surface area contributed by atoms with Gasteiger partial charge < -0.3 is 0 Å². The highest BCUT2D eigenvalue weighted by Crippen LogP contribution is 2.27. The van der Waals surface area contributed by atoms with Crippen molar-refractivity contribution in [3.05, 3.63) is 72.8 Å². The van der Waals surface area contributed by atoms with Crippen molar-refractivity contribution in [2.75, 3.05) is 0 Å². The molecule has 1 unspecified atom stereocenters. The van der Waals surface area contributed by atoms with E-state index in [9.17, 15) is 0 Å². The van der Waals surface area contributed by atoms with Gasteiger partial charge in [0.15, 0.2) is 11.6 Å². The zero-order valence-electron chi connectivity index (χ0n) is 12.9. The molecule has 3 nitrogen and oxygen atoms in total. The van der Waals surface area contributed by atoms with Crippen molar-refractivity contribution in [2.24, 2.45) is 0 Å². The third kappa shape index (κ3) is 2.70. The van der Waals surface area contributed by atoms with Gasteiger partial charge in [-0.2, -0.15) is 0 Å². The summed E-state index contributed by atoms with van der Waals surface area (Å²) in [6.07, 6.45) is 0. The Labute approximate surface area is 131 Å². The first-order chi connectivity index (χ1) is 10.7. The van der Waals surface area contributed by atoms with Crippen molar-refractivity contribution in [1.82, 2.24) is 14.8 Å². The van der Waals surface area contributed by atoms with Crippen LogP contribution in [-0.4, -0.2) is 14.8 Å². The maximum atomic E-state index is 4.76. The minimum atomic E-state index is 0.0974. The molecule has 3 heteroatoms. The van der Waals surface area contributed by atoms with E-state index in [1.807, 2.05) is 60.1 Å². The topological polar surface area (TPSA) is 30.7 Å². The largest absolute Gasteiger partial charge is 0.238 e. The van der Waals surface area contributed by atoms with Gasteiger partial charge in [0.25, 0.3) is 0 Å². The Kier molecular flexibility index (Phi) is 3.88. The summed E-state index contributed by atoms with van der Waals surface area (Å²) in [5.74, 6) is 1.61. The van der Waals surface area contributed by atoms with E-state index in [0.717, 1.165) is 28.3 Å². The van der Waals surface area contributed by atoms with Crippen LogP contribution in [0.4, 0.5) is 0 Å². The number of hydrogen-bond donors (Lipinski definition) is 0. The summed E-state index contributed by atoms with van der Waals surface area (Å²) in [5.41, 5.74) is 3.14. The lowest BCUT2D eigenvalue weighted by Crippen LogP contribution is -2.09. The van der Waals surface area contributed by atoms with Crippen LogP contribution < -0.4 is 0 Å². The molecule has 22 heavy (non-hydrogen) atoms. The first-order valence-electron chi connectivity index (χ1n) is 7.39. The van der Waals surface area contributed by atoms with E-state index in [-0.39, 0.29) is 6.04 Å². The molecule has 110 valence electrons. The van der Waals surface area contributed by atoms with Crippen LogP contribution >= 0.6 is 0 Å². The maximum absolute atomic E-state index is 4.76. The molecular formula is C19H19N3. The molecule has 0 spiro atoms. The molecule has 0 saturated heterocycles. The lowest BCUT2D eigenvalue weighted by Gasteiger charge is -2.14. The smallest absolute Gasteiger partial charge is 0.181 e. The second kappa shape index (κ2) is 5.98. The lowest BCUT2D eigenvalue weighted by molar-refractivity contribution is 0.562. The van der Waals surface area contributed by atoms with Crippen LogP contribution in [0.5, 0.6) is 0 Å². The highest BCUT2D eigenvalue weighted by Gasteiger charge is 2.17.